The van der Waals surface area contributed by atoms with Crippen molar-refractivity contribution < 1.29 is 13.5 Å². The number of hydrogen-bond donors (Lipinski definition) is 2. The number of ether oxygens (including phenoxy) is 1. The fraction of sp³-hybridized carbons (Fsp3) is 0.250. The van der Waals surface area contributed by atoms with Crippen LogP contribution in [-0.2, 0) is 6.54 Å². The maximum Gasteiger partial charge on any atom is 0.387 e. The molecule has 0 fully saturated rings. The monoisotopic (exact) mass is 242 g/mol. The first kappa shape index (κ1) is 11.2. The van der Waals surface area contributed by atoms with E-state index >= 15 is 0 Å². The highest BCUT2D eigenvalue weighted by Crippen LogP contribution is 2.14. The topological polar surface area (TPSA) is 88.6 Å². The zero-order chi connectivity index (χ0) is 12.1. The van der Waals surface area contributed by atoms with Crippen LogP contribution in [0.2, 0.25) is 0 Å². The van der Waals surface area contributed by atoms with E-state index in [4.69, 9.17) is 0 Å². The number of anilines is 1. The van der Waals surface area contributed by atoms with E-state index in [1.54, 1.807) is 0 Å². The summed E-state index contributed by atoms with van der Waals surface area (Å²) in [5.41, 5.74) is 0. The molecular weight excluding hydrogens is 234 g/mol. The van der Waals surface area contributed by atoms with Gasteiger partial charge in [0.25, 0.3) is 0 Å². The minimum atomic E-state index is -2.85. The minimum Gasteiger partial charge on any atom is -0.433 e. The van der Waals surface area contributed by atoms with Crippen LogP contribution >= 0.6 is 0 Å². The van der Waals surface area contributed by atoms with Crippen molar-refractivity contribution >= 4 is 5.82 Å². The first-order valence-corrected chi connectivity index (χ1v) is 4.61. The predicted octanol–water partition coefficient (Wildman–Crippen LogP) is 0.808. The van der Waals surface area contributed by atoms with Gasteiger partial charge in [0.15, 0.2) is 5.82 Å². The molecule has 90 valence electrons. The molecule has 0 saturated carbocycles. The molecular formula is C8H8F2N6O. The third kappa shape index (κ3) is 3.33. The Morgan fingerprint density at radius 1 is 1.41 bits per heavy atom. The lowest BCUT2D eigenvalue weighted by molar-refractivity contribution is -0.0500. The highest BCUT2D eigenvalue weighted by atomic mass is 19.3. The number of nitrogens with zero attached hydrogens (tertiary/aromatic N) is 4. The van der Waals surface area contributed by atoms with Crippen molar-refractivity contribution in [1.82, 2.24) is 25.6 Å². The average Bonchev–Trinajstić information content (AvgIpc) is 2.80. The van der Waals surface area contributed by atoms with Gasteiger partial charge in [0, 0.05) is 0 Å². The number of rotatable bonds is 5. The predicted molar refractivity (Wildman–Crippen MR) is 52.4 cm³/mol. The van der Waals surface area contributed by atoms with E-state index in [1.807, 2.05) is 0 Å². The van der Waals surface area contributed by atoms with Crippen molar-refractivity contribution in [2.24, 2.45) is 0 Å². The number of halogens is 2. The van der Waals surface area contributed by atoms with Gasteiger partial charge in [-0.15, -0.1) is 10.2 Å². The number of aromatic amines is 1. The zero-order valence-electron chi connectivity index (χ0n) is 8.47. The number of hydrogen-bond acceptors (Lipinski definition) is 6. The van der Waals surface area contributed by atoms with Crippen molar-refractivity contribution in [2.75, 3.05) is 5.32 Å². The zero-order valence-corrected chi connectivity index (χ0v) is 8.47. The summed E-state index contributed by atoms with van der Waals surface area (Å²) in [4.78, 5) is 3.88. The molecule has 2 rings (SSSR count). The molecule has 17 heavy (non-hydrogen) atoms. The molecule has 0 atom stereocenters. The summed E-state index contributed by atoms with van der Waals surface area (Å²) in [6.07, 6.45) is 1.20. The maximum absolute atomic E-state index is 11.9. The number of aromatic nitrogens is 5. The molecule has 0 bridgehead atoms. The Morgan fingerprint density at radius 3 is 2.88 bits per heavy atom. The van der Waals surface area contributed by atoms with Crippen LogP contribution < -0.4 is 10.1 Å². The third-order valence-electron chi connectivity index (χ3n) is 1.78. The van der Waals surface area contributed by atoms with Gasteiger partial charge < -0.3 is 10.1 Å². The fourth-order valence-electron chi connectivity index (χ4n) is 1.08. The van der Waals surface area contributed by atoms with Crippen LogP contribution in [0.5, 0.6) is 5.75 Å². The van der Waals surface area contributed by atoms with Gasteiger partial charge in [-0.2, -0.15) is 14.0 Å². The van der Waals surface area contributed by atoms with Gasteiger partial charge in [-0.25, -0.2) is 4.98 Å². The largest absolute Gasteiger partial charge is 0.433 e. The molecule has 7 nitrogen and oxygen atoms in total. The Labute approximate surface area is 94.2 Å². The van der Waals surface area contributed by atoms with Crippen LogP contribution in [0.3, 0.4) is 0 Å². The smallest absolute Gasteiger partial charge is 0.387 e. The summed E-state index contributed by atoms with van der Waals surface area (Å²) in [7, 11) is 0. The Hall–Kier alpha value is -2.32. The summed E-state index contributed by atoms with van der Waals surface area (Å²) < 4.78 is 27.9. The molecule has 9 heteroatoms. The molecule has 2 N–H and O–H groups in total. The number of alkyl halides is 2. The maximum atomic E-state index is 11.9. The lowest BCUT2D eigenvalue weighted by atomic mass is 10.4. The van der Waals surface area contributed by atoms with E-state index < -0.39 is 6.61 Å². The van der Waals surface area contributed by atoms with Gasteiger partial charge >= 0.3 is 6.61 Å². The van der Waals surface area contributed by atoms with Crippen molar-refractivity contribution in [3.05, 3.63) is 24.2 Å². The summed E-state index contributed by atoms with van der Waals surface area (Å²) in [5.74, 6) is 0.973. The first-order chi connectivity index (χ1) is 8.24. The molecule has 0 amide bonds. The molecule has 0 aliphatic heterocycles. The van der Waals surface area contributed by atoms with E-state index in [-0.39, 0.29) is 5.75 Å². The minimum absolute atomic E-state index is 0.00473. The highest BCUT2D eigenvalue weighted by molar-refractivity contribution is 5.37. The van der Waals surface area contributed by atoms with Crippen LogP contribution in [0, 0.1) is 0 Å². The van der Waals surface area contributed by atoms with Crippen molar-refractivity contribution in [3.8, 4) is 5.75 Å². The molecule has 0 aliphatic carbocycles. The summed E-state index contributed by atoms with van der Waals surface area (Å²) in [6, 6.07) is 2.90. The summed E-state index contributed by atoms with van der Waals surface area (Å²) >= 11 is 0. The molecule has 0 spiro atoms. The van der Waals surface area contributed by atoms with Crippen LogP contribution in [0.1, 0.15) is 5.82 Å². The molecule has 2 aromatic heterocycles. The normalized spacial score (nSPS) is 10.5. The van der Waals surface area contributed by atoms with Crippen LogP contribution in [0.15, 0.2) is 18.3 Å². The second kappa shape index (κ2) is 5.14. The highest BCUT2D eigenvalue weighted by Gasteiger charge is 2.04. The SMILES string of the molecule is FC(F)Oc1ccc(NCc2nn[nH]n2)nc1. The number of nitrogens with one attached hydrogen (secondary N) is 2. The summed E-state index contributed by atoms with van der Waals surface area (Å²) in [5, 5.41) is 16.0. The fourth-order valence-corrected chi connectivity index (χ4v) is 1.08. The number of H-pyrrole nitrogens is 1. The van der Waals surface area contributed by atoms with Gasteiger partial charge in [-0.3, -0.25) is 0 Å². The van der Waals surface area contributed by atoms with Crippen LogP contribution in [0.4, 0.5) is 14.6 Å². The molecule has 2 aromatic rings. The summed E-state index contributed by atoms with van der Waals surface area (Å²) in [6.45, 7) is -2.52. The molecule has 0 radical (unpaired) electrons. The number of tetrazole rings is 1. The Balaban J connectivity index is 1.89. The van der Waals surface area contributed by atoms with E-state index in [9.17, 15) is 8.78 Å². The van der Waals surface area contributed by atoms with Gasteiger partial charge in [0.05, 0.1) is 12.7 Å². The Morgan fingerprint density at radius 2 is 2.29 bits per heavy atom. The van der Waals surface area contributed by atoms with E-state index in [0.717, 1.165) is 0 Å². The molecule has 0 aromatic carbocycles. The lowest BCUT2D eigenvalue weighted by Crippen LogP contribution is -2.05. The second-order valence-electron chi connectivity index (χ2n) is 2.94. The van der Waals surface area contributed by atoms with Gasteiger partial charge in [-0.1, -0.05) is 5.21 Å². The first-order valence-electron chi connectivity index (χ1n) is 4.61. The van der Waals surface area contributed by atoms with E-state index in [1.165, 1.54) is 18.3 Å². The van der Waals surface area contributed by atoms with Gasteiger partial charge in [-0.05, 0) is 12.1 Å². The van der Waals surface area contributed by atoms with Crippen molar-refractivity contribution in [1.29, 1.82) is 0 Å². The van der Waals surface area contributed by atoms with Gasteiger partial charge in [0.2, 0.25) is 0 Å². The Bertz CT molecular complexity index is 446. The van der Waals surface area contributed by atoms with Crippen LogP contribution in [-0.4, -0.2) is 32.2 Å². The van der Waals surface area contributed by atoms with Crippen LogP contribution in [0.25, 0.3) is 0 Å². The molecule has 0 saturated heterocycles. The average molecular weight is 242 g/mol. The van der Waals surface area contributed by atoms with E-state index in [2.05, 4.69) is 35.7 Å². The second-order valence-corrected chi connectivity index (χ2v) is 2.94. The molecule has 0 unspecified atom stereocenters. The third-order valence-corrected chi connectivity index (χ3v) is 1.78. The molecule has 2 heterocycles. The molecule has 0 aliphatic rings. The van der Waals surface area contributed by atoms with Gasteiger partial charge in [0.1, 0.15) is 11.6 Å². The van der Waals surface area contributed by atoms with Crippen molar-refractivity contribution in [3.63, 3.8) is 0 Å². The standard InChI is InChI=1S/C8H8F2N6O/c9-8(10)17-5-1-2-6(11-3-5)12-4-7-13-15-16-14-7/h1-3,8H,4H2,(H,11,12)(H,13,14,15,16). The Kier molecular flexibility index (Phi) is 3.38. The number of pyridine rings is 1. The van der Waals surface area contributed by atoms with E-state index in [0.29, 0.717) is 18.2 Å². The quantitative estimate of drug-likeness (QED) is 0.806. The lowest BCUT2D eigenvalue weighted by Gasteiger charge is -2.05. The van der Waals surface area contributed by atoms with Crippen molar-refractivity contribution in [2.45, 2.75) is 13.2 Å².